The lowest BCUT2D eigenvalue weighted by Gasteiger charge is -2.14. The number of hydrogen-bond acceptors (Lipinski definition) is 7. The average Bonchev–Trinajstić information content (AvgIpc) is 2.98. The Hall–Kier alpha value is -3.28. The Morgan fingerprint density at radius 2 is 1.64 bits per heavy atom. The van der Waals surface area contributed by atoms with Gasteiger partial charge in [0.25, 0.3) is 10.1 Å². The van der Waals surface area contributed by atoms with Crippen molar-refractivity contribution in [3.8, 4) is 40.6 Å². The molecule has 0 aromatic heterocycles. The van der Waals surface area contributed by atoms with Gasteiger partial charge in [-0.3, -0.25) is 4.55 Å². The second-order valence-electron chi connectivity index (χ2n) is 9.28. The zero-order chi connectivity index (χ0) is 30.2. The zero-order valence-corrected chi connectivity index (χ0v) is 25.2. The first-order valence-corrected chi connectivity index (χ1v) is 16.0. The van der Waals surface area contributed by atoms with Gasteiger partial charge in [0.15, 0.2) is 0 Å². The van der Waals surface area contributed by atoms with Gasteiger partial charge in [0.2, 0.25) is 0 Å². The maximum atomic E-state index is 12.4. The highest BCUT2D eigenvalue weighted by molar-refractivity contribution is 8.00. The first-order valence-electron chi connectivity index (χ1n) is 13.7. The molecular weight excluding hydrogens is 572 g/mol. The summed E-state index contributed by atoms with van der Waals surface area (Å²) < 4.78 is 45.9. The minimum absolute atomic E-state index is 0.189. The van der Waals surface area contributed by atoms with Crippen molar-refractivity contribution in [3.05, 3.63) is 72.3 Å². The molecule has 1 unspecified atom stereocenters. The highest BCUT2D eigenvalue weighted by Crippen LogP contribution is 2.37. The molecule has 222 valence electrons. The van der Waals surface area contributed by atoms with Crippen LogP contribution in [0.4, 0.5) is 0 Å². The lowest BCUT2D eigenvalue weighted by Crippen LogP contribution is -2.02. The van der Waals surface area contributed by atoms with Gasteiger partial charge in [0.05, 0.1) is 0 Å². The summed E-state index contributed by atoms with van der Waals surface area (Å²) in [7, 11) is -4.55. The Kier molecular flexibility index (Phi) is 13.9. The van der Waals surface area contributed by atoms with E-state index in [1.54, 1.807) is 67.6 Å². The van der Waals surface area contributed by atoms with Gasteiger partial charge in [0, 0.05) is 28.6 Å². The third-order valence-corrected chi connectivity index (χ3v) is 8.29. The Morgan fingerprint density at radius 3 is 2.38 bits per heavy atom. The number of aliphatic hydroxyl groups excluding tert-OH is 2. The maximum Gasteiger partial charge on any atom is 0.295 e. The van der Waals surface area contributed by atoms with Gasteiger partial charge in [0.1, 0.15) is 30.0 Å². The molecule has 0 radical (unpaired) electrons. The molecule has 0 saturated heterocycles. The van der Waals surface area contributed by atoms with Gasteiger partial charge in [-0.15, -0.1) is 5.92 Å². The molecule has 3 aromatic rings. The molecule has 3 N–H and O–H groups in total. The van der Waals surface area contributed by atoms with Crippen LogP contribution in [-0.4, -0.2) is 49.6 Å². The molecule has 3 aromatic carbocycles. The van der Waals surface area contributed by atoms with Crippen LogP contribution in [0, 0.1) is 23.7 Å². The number of ether oxygens (including phenoxy) is 2. The molecule has 7 nitrogen and oxygen atoms in total. The summed E-state index contributed by atoms with van der Waals surface area (Å²) >= 11 is 1.20. The van der Waals surface area contributed by atoms with Gasteiger partial charge in [-0.2, -0.15) is 8.42 Å². The average molecular weight is 609 g/mol. The van der Waals surface area contributed by atoms with Crippen molar-refractivity contribution in [2.75, 3.05) is 26.4 Å². The molecule has 0 saturated carbocycles. The van der Waals surface area contributed by atoms with Crippen LogP contribution >= 0.6 is 11.8 Å². The van der Waals surface area contributed by atoms with Gasteiger partial charge in [-0.1, -0.05) is 79.1 Å². The monoisotopic (exact) mass is 608 g/mol. The Bertz CT molecular complexity index is 1510. The molecule has 0 aliphatic heterocycles. The molecule has 42 heavy (non-hydrogen) atoms. The molecule has 0 aliphatic rings. The number of aliphatic hydroxyl groups is 2. The lowest BCUT2D eigenvalue weighted by molar-refractivity contribution is 0.161. The molecule has 0 amide bonds. The summed E-state index contributed by atoms with van der Waals surface area (Å²) in [6, 6.07) is 19.0. The quantitative estimate of drug-likeness (QED) is 0.107. The van der Waals surface area contributed by atoms with Crippen LogP contribution in [0.25, 0.3) is 11.1 Å². The van der Waals surface area contributed by atoms with Crippen molar-refractivity contribution in [2.45, 2.75) is 59.8 Å². The van der Waals surface area contributed by atoms with E-state index in [-0.39, 0.29) is 24.7 Å². The van der Waals surface area contributed by atoms with E-state index < -0.39 is 16.2 Å². The van der Waals surface area contributed by atoms with Gasteiger partial charge < -0.3 is 19.7 Å². The van der Waals surface area contributed by atoms with Crippen molar-refractivity contribution < 1.29 is 32.7 Å². The van der Waals surface area contributed by atoms with E-state index in [4.69, 9.17) is 14.6 Å². The van der Waals surface area contributed by atoms with Crippen molar-refractivity contribution in [2.24, 2.45) is 0 Å². The van der Waals surface area contributed by atoms with Gasteiger partial charge in [-0.05, 0) is 67.3 Å². The Balaban J connectivity index is 1.72. The van der Waals surface area contributed by atoms with Crippen molar-refractivity contribution in [3.63, 3.8) is 0 Å². The van der Waals surface area contributed by atoms with Crippen LogP contribution in [0.1, 0.15) is 50.7 Å². The number of rotatable bonds is 15. The molecule has 0 heterocycles. The minimum atomic E-state index is -4.55. The number of hydrogen-bond donors (Lipinski definition) is 3. The molecule has 0 fully saturated rings. The largest absolute Gasteiger partial charge is 0.481 e. The summed E-state index contributed by atoms with van der Waals surface area (Å²) in [5.74, 6) is 11.9. The van der Waals surface area contributed by atoms with Crippen LogP contribution < -0.4 is 4.74 Å². The molecule has 0 bridgehead atoms. The van der Waals surface area contributed by atoms with E-state index in [2.05, 4.69) is 23.7 Å². The SMILES string of the molecule is CC#CCOc1ccc(Sc2ccc(-c3ccccc3C(O)C#CCOCCCCCCCO)cc2S(=O)(=O)O)cc1. The normalized spacial score (nSPS) is 11.6. The third-order valence-electron chi connectivity index (χ3n) is 6.19. The van der Waals surface area contributed by atoms with Crippen LogP contribution in [0.5, 0.6) is 5.75 Å². The van der Waals surface area contributed by atoms with Crippen LogP contribution in [-0.2, 0) is 14.9 Å². The van der Waals surface area contributed by atoms with E-state index in [1.165, 1.54) is 17.8 Å². The van der Waals surface area contributed by atoms with Crippen molar-refractivity contribution in [1.29, 1.82) is 0 Å². The standard InChI is InChI=1S/C33H36O7S2/c1-2-3-24-40-27-16-18-28(19-17-27)41-32-20-15-26(25-33(32)42(36,37)38)29-12-7-8-13-30(29)31(35)14-11-23-39-22-10-6-4-5-9-21-34/h7-8,12-13,15-20,25,31,34-35H,4-6,9-10,21-24H2,1H3,(H,36,37,38). The topological polar surface area (TPSA) is 113 Å². The summed E-state index contributed by atoms with van der Waals surface area (Å²) in [5.41, 5.74) is 1.63. The lowest BCUT2D eigenvalue weighted by atomic mass is 9.96. The zero-order valence-electron chi connectivity index (χ0n) is 23.6. The van der Waals surface area contributed by atoms with Crippen molar-refractivity contribution in [1.82, 2.24) is 0 Å². The Morgan fingerprint density at radius 1 is 0.905 bits per heavy atom. The van der Waals surface area contributed by atoms with E-state index >= 15 is 0 Å². The molecule has 1 atom stereocenters. The second kappa shape index (κ2) is 17.6. The van der Waals surface area contributed by atoms with E-state index in [1.807, 2.05) is 0 Å². The van der Waals surface area contributed by atoms with E-state index in [9.17, 15) is 18.1 Å². The van der Waals surface area contributed by atoms with E-state index in [0.29, 0.717) is 33.9 Å². The summed E-state index contributed by atoms with van der Waals surface area (Å²) in [6.45, 7) is 3.01. The predicted molar refractivity (Wildman–Crippen MR) is 165 cm³/mol. The fraction of sp³-hybridized carbons (Fsp3) is 0.333. The fourth-order valence-corrected chi connectivity index (χ4v) is 5.93. The molecule has 0 spiro atoms. The van der Waals surface area contributed by atoms with Crippen LogP contribution in [0.2, 0.25) is 0 Å². The Labute approximate surface area is 253 Å². The highest BCUT2D eigenvalue weighted by atomic mass is 32.2. The first-order chi connectivity index (χ1) is 20.3. The van der Waals surface area contributed by atoms with Crippen LogP contribution in [0.15, 0.2) is 81.4 Å². The van der Waals surface area contributed by atoms with Gasteiger partial charge in [-0.25, -0.2) is 0 Å². The smallest absolute Gasteiger partial charge is 0.295 e. The molecule has 9 heteroatoms. The van der Waals surface area contributed by atoms with Crippen molar-refractivity contribution >= 4 is 21.9 Å². The number of unbranched alkanes of at least 4 members (excludes halogenated alkanes) is 4. The molecular formula is C33H36O7S2. The summed E-state index contributed by atoms with van der Waals surface area (Å²) in [5, 5.41) is 19.6. The highest BCUT2D eigenvalue weighted by Gasteiger charge is 2.20. The first kappa shape index (κ1) is 33.2. The summed E-state index contributed by atoms with van der Waals surface area (Å²) in [6.07, 6.45) is 3.72. The van der Waals surface area contributed by atoms with E-state index in [0.717, 1.165) is 37.0 Å². The number of benzene rings is 3. The van der Waals surface area contributed by atoms with Gasteiger partial charge >= 0.3 is 0 Å². The molecule has 0 aliphatic carbocycles. The van der Waals surface area contributed by atoms with Crippen LogP contribution in [0.3, 0.4) is 0 Å². The third kappa shape index (κ3) is 10.8. The predicted octanol–water partition coefficient (Wildman–Crippen LogP) is 6.15. The fourth-order valence-electron chi connectivity index (χ4n) is 4.07. The molecule has 3 rings (SSSR count). The second-order valence-corrected chi connectivity index (χ2v) is 11.8. The minimum Gasteiger partial charge on any atom is -0.481 e. The summed E-state index contributed by atoms with van der Waals surface area (Å²) in [4.78, 5) is 0.885. The maximum absolute atomic E-state index is 12.4.